The number of benzene rings is 2. The van der Waals surface area contributed by atoms with Crippen molar-refractivity contribution < 1.29 is 14.8 Å². The molecule has 2 aliphatic rings. The van der Waals surface area contributed by atoms with Gasteiger partial charge in [0.15, 0.2) is 5.78 Å². The smallest absolute Gasteiger partial charge is 0.332 e. The number of aliphatic imine (C=N–C) groups is 1. The minimum absolute atomic E-state index is 0.0281. The van der Waals surface area contributed by atoms with Gasteiger partial charge in [-0.15, -0.1) is 0 Å². The number of nitro groups is 1. The van der Waals surface area contributed by atoms with Gasteiger partial charge >= 0.3 is 5.69 Å². The van der Waals surface area contributed by atoms with Crippen LogP contribution in [-0.4, -0.2) is 30.7 Å². The van der Waals surface area contributed by atoms with Crippen molar-refractivity contribution in [2.45, 2.75) is 5.92 Å². The van der Waals surface area contributed by atoms with E-state index in [1.807, 2.05) is 0 Å². The highest BCUT2D eigenvalue weighted by Crippen LogP contribution is 2.48. The van der Waals surface area contributed by atoms with Gasteiger partial charge in [-0.05, 0) is 6.07 Å². The molecule has 2 atom stereocenters. The van der Waals surface area contributed by atoms with Gasteiger partial charge in [0.25, 0.3) is 11.2 Å². The zero-order valence-electron chi connectivity index (χ0n) is 17.0. The first-order chi connectivity index (χ1) is 15.2. The number of carbonyl (C=O) groups is 1. The molecule has 3 aromatic rings. The van der Waals surface area contributed by atoms with E-state index in [9.17, 15) is 29.6 Å². The molecule has 1 aromatic heterocycles. The van der Waals surface area contributed by atoms with Crippen LogP contribution in [-0.2, 0) is 14.1 Å². The lowest BCUT2D eigenvalue weighted by Gasteiger charge is -2.30. The minimum atomic E-state index is -1.07. The molecule has 5 rings (SSSR count). The first-order valence-electron chi connectivity index (χ1n) is 9.71. The number of nitrogens with zero attached hydrogens (tertiary/aromatic N) is 4. The summed E-state index contributed by atoms with van der Waals surface area (Å²) in [6.45, 7) is 0. The molecule has 0 fully saturated rings. The summed E-state index contributed by atoms with van der Waals surface area (Å²) in [5, 5.41) is 22.1. The summed E-state index contributed by atoms with van der Waals surface area (Å²) < 4.78 is 2.10. The maximum absolute atomic E-state index is 13.4. The van der Waals surface area contributed by atoms with E-state index in [0.29, 0.717) is 16.8 Å². The summed E-state index contributed by atoms with van der Waals surface area (Å²) >= 11 is 0. The lowest BCUT2D eigenvalue weighted by atomic mass is 9.76. The number of phenolic OH excluding ortho intramolecular Hbond substituents is 1. The van der Waals surface area contributed by atoms with Crippen molar-refractivity contribution >= 4 is 23.0 Å². The predicted molar refractivity (Wildman–Crippen MR) is 114 cm³/mol. The van der Waals surface area contributed by atoms with Gasteiger partial charge in [-0.1, -0.05) is 24.3 Å². The van der Waals surface area contributed by atoms with E-state index in [-0.39, 0.29) is 34.2 Å². The third-order valence-electron chi connectivity index (χ3n) is 6.14. The molecule has 0 saturated heterocycles. The third kappa shape index (κ3) is 2.46. The Balaban J connectivity index is 1.92. The average Bonchev–Trinajstić information content (AvgIpc) is 3.07. The van der Waals surface area contributed by atoms with E-state index < -0.39 is 28.0 Å². The largest absolute Gasteiger partial charge is 0.508 e. The highest BCUT2D eigenvalue weighted by atomic mass is 16.6. The Labute approximate surface area is 179 Å². The Hall–Kier alpha value is -4.34. The number of carbonyl (C=O) groups excluding carboxylic acids is 1. The maximum atomic E-state index is 13.4. The number of rotatable bonds is 2. The number of nitro benzene ring substituents is 1. The number of hydrogen-bond acceptors (Lipinski definition) is 7. The molecule has 1 aliphatic heterocycles. The highest BCUT2D eigenvalue weighted by molar-refractivity contribution is 6.30. The number of Topliss-reactive ketones (excluding diaryl/α,β-unsaturated/α-hetero) is 1. The first-order valence-corrected chi connectivity index (χ1v) is 9.71. The topological polar surface area (TPSA) is 137 Å². The molecule has 0 unspecified atom stereocenters. The molecule has 1 aliphatic carbocycles. The van der Waals surface area contributed by atoms with Crippen LogP contribution in [0.1, 0.15) is 33.0 Å². The molecule has 0 radical (unpaired) electrons. The Kier molecular flexibility index (Phi) is 4.03. The molecular weight excluding hydrogens is 416 g/mol. The summed E-state index contributed by atoms with van der Waals surface area (Å²) in [4.78, 5) is 54.6. The van der Waals surface area contributed by atoms with Crippen LogP contribution in [0.15, 0.2) is 57.0 Å². The Morgan fingerprint density at radius 2 is 1.69 bits per heavy atom. The molecule has 10 heteroatoms. The molecule has 0 bridgehead atoms. The zero-order valence-corrected chi connectivity index (χ0v) is 17.0. The fraction of sp³-hybridized carbons (Fsp3) is 0.182. The van der Waals surface area contributed by atoms with Crippen LogP contribution in [0.25, 0.3) is 0 Å². The van der Waals surface area contributed by atoms with Crippen molar-refractivity contribution in [3.63, 3.8) is 0 Å². The van der Waals surface area contributed by atoms with Crippen LogP contribution in [0.4, 0.5) is 11.5 Å². The lowest BCUT2D eigenvalue weighted by Crippen LogP contribution is -2.43. The molecule has 0 saturated carbocycles. The second kappa shape index (κ2) is 6.58. The zero-order chi connectivity index (χ0) is 22.9. The quantitative estimate of drug-likeness (QED) is 0.484. The average molecular weight is 432 g/mol. The number of hydrogen-bond donors (Lipinski definition) is 1. The third-order valence-corrected chi connectivity index (χ3v) is 6.14. The highest BCUT2D eigenvalue weighted by Gasteiger charge is 2.48. The molecule has 32 heavy (non-hydrogen) atoms. The summed E-state index contributed by atoms with van der Waals surface area (Å²) in [5.41, 5.74) is -0.168. The second-order valence-corrected chi connectivity index (χ2v) is 7.81. The van der Waals surface area contributed by atoms with Crippen molar-refractivity contribution in [2.75, 3.05) is 0 Å². The van der Waals surface area contributed by atoms with Gasteiger partial charge in [-0.25, -0.2) is 9.79 Å². The summed E-state index contributed by atoms with van der Waals surface area (Å²) in [5.74, 6) is -2.59. The van der Waals surface area contributed by atoms with Crippen LogP contribution in [0, 0.1) is 16.0 Å². The molecular formula is C22H16N4O6. The second-order valence-electron chi connectivity index (χ2n) is 7.81. The molecule has 0 spiro atoms. The number of aromatic hydroxyl groups is 1. The van der Waals surface area contributed by atoms with Crippen LogP contribution in [0.3, 0.4) is 0 Å². The number of phenols is 1. The first kappa shape index (κ1) is 19.6. The standard InChI is InChI=1S/C22H16N4O6/c1-24-20-17(21(29)25(2)22(24)30)15(13-9-10(26(31)32)7-8-14(13)27)16-18(23-20)11-5-3-4-6-12(11)19(16)28/h3-9,15-16,27H,1-2H3/t15-,16+/m1/s1. The van der Waals surface area contributed by atoms with Gasteiger partial charge in [-0.3, -0.25) is 28.8 Å². The van der Waals surface area contributed by atoms with Gasteiger partial charge in [0.05, 0.1) is 22.1 Å². The maximum Gasteiger partial charge on any atom is 0.332 e. The molecule has 1 N–H and O–H groups in total. The molecule has 2 heterocycles. The van der Waals surface area contributed by atoms with E-state index in [4.69, 9.17) is 0 Å². The molecule has 10 nitrogen and oxygen atoms in total. The summed E-state index contributed by atoms with van der Waals surface area (Å²) in [7, 11) is 2.76. The minimum Gasteiger partial charge on any atom is -0.508 e. The summed E-state index contributed by atoms with van der Waals surface area (Å²) in [6, 6.07) is 10.3. The molecule has 2 aromatic carbocycles. The van der Waals surface area contributed by atoms with Crippen molar-refractivity contribution in [2.24, 2.45) is 25.0 Å². The van der Waals surface area contributed by atoms with Crippen LogP contribution in [0.2, 0.25) is 0 Å². The van der Waals surface area contributed by atoms with E-state index in [2.05, 4.69) is 4.99 Å². The van der Waals surface area contributed by atoms with Crippen LogP contribution < -0.4 is 11.2 Å². The number of non-ortho nitro benzene ring substituents is 1. The Bertz CT molecular complexity index is 1510. The van der Waals surface area contributed by atoms with Crippen molar-refractivity contribution in [3.05, 3.63) is 95.7 Å². The normalized spacial score (nSPS) is 18.6. The van der Waals surface area contributed by atoms with Gasteiger partial charge in [-0.2, -0.15) is 0 Å². The monoisotopic (exact) mass is 432 g/mol. The fourth-order valence-corrected chi connectivity index (χ4v) is 4.61. The number of aromatic nitrogens is 2. The lowest BCUT2D eigenvalue weighted by molar-refractivity contribution is -0.385. The van der Waals surface area contributed by atoms with Crippen LogP contribution >= 0.6 is 0 Å². The van der Waals surface area contributed by atoms with Gasteiger partial charge in [0, 0.05) is 48.8 Å². The van der Waals surface area contributed by atoms with E-state index in [1.54, 1.807) is 24.3 Å². The van der Waals surface area contributed by atoms with Gasteiger partial charge < -0.3 is 5.11 Å². The van der Waals surface area contributed by atoms with E-state index >= 15 is 0 Å². The number of fused-ring (bicyclic) bond motifs is 4. The molecule has 160 valence electrons. The van der Waals surface area contributed by atoms with Gasteiger partial charge in [0.1, 0.15) is 11.6 Å². The van der Waals surface area contributed by atoms with Crippen molar-refractivity contribution in [3.8, 4) is 5.75 Å². The van der Waals surface area contributed by atoms with E-state index in [0.717, 1.165) is 22.8 Å². The Morgan fingerprint density at radius 1 is 1.00 bits per heavy atom. The van der Waals surface area contributed by atoms with Crippen LogP contribution in [0.5, 0.6) is 5.75 Å². The van der Waals surface area contributed by atoms with Crippen molar-refractivity contribution in [1.82, 2.24) is 9.13 Å². The van der Waals surface area contributed by atoms with Gasteiger partial charge in [0.2, 0.25) is 0 Å². The number of ketones is 1. The SMILES string of the molecule is Cn1c2c(c(=O)n(C)c1=O)[C@H](c1cc([N+](=O)[O-])ccc1O)[C@@H]1C(=O)c3ccccc3C1=N2. The fourth-order valence-electron chi connectivity index (χ4n) is 4.61. The molecule has 0 amide bonds. The summed E-state index contributed by atoms with van der Waals surface area (Å²) in [6.07, 6.45) is 0. The Morgan fingerprint density at radius 3 is 2.38 bits per heavy atom. The predicted octanol–water partition coefficient (Wildman–Crippen LogP) is 1.78. The van der Waals surface area contributed by atoms with Crippen molar-refractivity contribution in [1.29, 1.82) is 0 Å². The van der Waals surface area contributed by atoms with E-state index in [1.165, 1.54) is 18.7 Å².